The zero-order chi connectivity index (χ0) is 20.3. The Morgan fingerprint density at radius 3 is 2.41 bits per heavy atom. The van der Waals surface area contributed by atoms with E-state index in [1.807, 2.05) is 11.0 Å². The smallest absolute Gasteiger partial charge is 0.230 e. The number of carbonyl (C=O) groups excluding carboxylic acids is 2. The normalized spacial score (nSPS) is 22.3. The molecule has 3 aliphatic rings. The summed E-state index contributed by atoms with van der Waals surface area (Å²) in [5.74, 6) is 0.329. The number of amides is 2. The van der Waals surface area contributed by atoms with Gasteiger partial charge in [0.1, 0.15) is 5.82 Å². The van der Waals surface area contributed by atoms with Crippen LogP contribution in [-0.2, 0) is 15.0 Å². The zero-order valence-electron chi connectivity index (χ0n) is 17.2. The summed E-state index contributed by atoms with van der Waals surface area (Å²) in [6.45, 7) is 4.68. The number of piperazine rings is 1. The van der Waals surface area contributed by atoms with Crippen LogP contribution in [0.1, 0.15) is 50.5 Å². The molecule has 1 N–H and O–H groups in total. The molecule has 0 spiro atoms. The molecule has 1 heterocycles. The fourth-order valence-electron chi connectivity index (χ4n) is 5.08. The van der Waals surface area contributed by atoms with Crippen LogP contribution in [0.2, 0.25) is 0 Å². The number of carbonyl (C=O) groups is 2. The van der Waals surface area contributed by atoms with Crippen molar-refractivity contribution >= 4 is 11.8 Å². The highest BCUT2D eigenvalue weighted by atomic mass is 19.1. The van der Waals surface area contributed by atoms with E-state index in [0.29, 0.717) is 12.5 Å². The predicted molar refractivity (Wildman–Crippen MR) is 110 cm³/mol. The van der Waals surface area contributed by atoms with Gasteiger partial charge in [0.2, 0.25) is 11.8 Å². The maximum Gasteiger partial charge on any atom is 0.230 e. The molecule has 0 bridgehead atoms. The summed E-state index contributed by atoms with van der Waals surface area (Å²) in [5, 5.41) is 3.09. The quantitative estimate of drug-likeness (QED) is 0.797. The van der Waals surface area contributed by atoms with Crippen LogP contribution in [-0.4, -0.2) is 60.9 Å². The van der Waals surface area contributed by atoms with E-state index in [1.54, 1.807) is 6.07 Å². The molecule has 0 aromatic heterocycles. The highest BCUT2D eigenvalue weighted by molar-refractivity contribution is 5.89. The van der Waals surface area contributed by atoms with Gasteiger partial charge >= 0.3 is 0 Å². The SMILES string of the molecule is O=C(C1CCCC1)N1CCN(CCNC(=O)C2(c3cccc(F)c3)CCC2)CC1. The van der Waals surface area contributed by atoms with E-state index in [-0.39, 0.29) is 17.6 Å². The third-order valence-electron chi connectivity index (χ3n) is 7.12. The molecule has 1 aromatic carbocycles. The van der Waals surface area contributed by atoms with Crippen molar-refractivity contribution < 1.29 is 14.0 Å². The molecule has 2 amide bonds. The van der Waals surface area contributed by atoms with Gasteiger partial charge in [-0.2, -0.15) is 0 Å². The molecular weight excluding hydrogens is 369 g/mol. The van der Waals surface area contributed by atoms with Gasteiger partial charge in [-0.1, -0.05) is 31.4 Å². The van der Waals surface area contributed by atoms with Crippen LogP contribution in [0, 0.1) is 11.7 Å². The average Bonchev–Trinajstić information content (AvgIpc) is 3.22. The predicted octanol–water partition coefficient (Wildman–Crippen LogP) is 2.70. The summed E-state index contributed by atoms with van der Waals surface area (Å²) < 4.78 is 13.6. The van der Waals surface area contributed by atoms with Gasteiger partial charge in [-0.15, -0.1) is 0 Å². The lowest BCUT2D eigenvalue weighted by molar-refractivity contribution is -0.137. The van der Waals surface area contributed by atoms with Crippen LogP contribution in [0.4, 0.5) is 4.39 Å². The van der Waals surface area contributed by atoms with Crippen LogP contribution in [0.15, 0.2) is 24.3 Å². The molecule has 0 atom stereocenters. The molecule has 0 unspecified atom stereocenters. The number of halogens is 1. The van der Waals surface area contributed by atoms with Gasteiger partial charge < -0.3 is 10.2 Å². The summed E-state index contributed by atoms with van der Waals surface area (Å²) >= 11 is 0. The maximum atomic E-state index is 13.6. The van der Waals surface area contributed by atoms with Crippen molar-refractivity contribution in [2.75, 3.05) is 39.3 Å². The minimum atomic E-state index is -0.561. The first-order valence-corrected chi connectivity index (χ1v) is 11.1. The Kier molecular flexibility index (Phi) is 6.18. The van der Waals surface area contributed by atoms with Crippen molar-refractivity contribution in [3.63, 3.8) is 0 Å². The van der Waals surface area contributed by atoms with Crippen molar-refractivity contribution in [3.8, 4) is 0 Å². The molecular formula is C23H32FN3O2. The van der Waals surface area contributed by atoms with Gasteiger partial charge in [0.15, 0.2) is 0 Å². The summed E-state index contributed by atoms with van der Waals surface area (Å²) in [6.07, 6.45) is 7.05. The lowest BCUT2D eigenvalue weighted by Gasteiger charge is -2.41. The third-order valence-corrected chi connectivity index (χ3v) is 7.12. The molecule has 158 valence electrons. The number of nitrogens with one attached hydrogen (secondary N) is 1. The lowest BCUT2D eigenvalue weighted by Crippen LogP contribution is -2.53. The lowest BCUT2D eigenvalue weighted by atomic mass is 9.64. The van der Waals surface area contributed by atoms with E-state index in [0.717, 1.165) is 70.4 Å². The Morgan fingerprint density at radius 1 is 1.07 bits per heavy atom. The van der Waals surface area contributed by atoms with Gasteiger partial charge in [0.25, 0.3) is 0 Å². The topological polar surface area (TPSA) is 52.7 Å². The van der Waals surface area contributed by atoms with Crippen LogP contribution < -0.4 is 5.32 Å². The molecule has 2 aliphatic carbocycles. The van der Waals surface area contributed by atoms with E-state index < -0.39 is 5.41 Å². The minimum Gasteiger partial charge on any atom is -0.354 e. The Labute approximate surface area is 172 Å². The Hall–Kier alpha value is -1.95. The van der Waals surface area contributed by atoms with Crippen LogP contribution in [0.5, 0.6) is 0 Å². The first kappa shape index (κ1) is 20.3. The molecule has 2 saturated carbocycles. The molecule has 4 rings (SSSR count). The maximum absolute atomic E-state index is 13.6. The molecule has 29 heavy (non-hydrogen) atoms. The van der Waals surface area contributed by atoms with Crippen molar-refractivity contribution in [2.45, 2.75) is 50.4 Å². The molecule has 6 heteroatoms. The standard InChI is InChI=1S/C23H32FN3O2/c24-20-8-3-7-19(17-20)23(9-4-10-23)22(29)25-11-12-26-13-15-27(16-14-26)21(28)18-5-1-2-6-18/h3,7-8,17-18H,1-2,4-6,9-16H2,(H,25,29). The van der Waals surface area contributed by atoms with Gasteiger partial charge in [0, 0.05) is 45.2 Å². The van der Waals surface area contributed by atoms with Crippen molar-refractivity contribution in [3.05, 3.63) is 35.6 Å². The zero-order valence-corrected chi connectivity index (χ0v) is 17.2. The van der Waals surface area contributed by atoms with Crippen molar-refractivity contribution in [2.24, 2.45) is 5.92 Å². The first-order chi connectivity index (χ1) is 14.1. The molecule has 0 radical (unpaired) electrons. The molecule has 3 fully saturated rings. The van der Waals surface area contributed by atoms with Crippen LogP contribution in [0.25, 0.3) is 0 Å². The molecule has 1 saturated heterocycles. The first-order valence-electron chi connectivity index (χ1n) is 11.1. The second-order valence-corrected chi connectivity index (χ2v) is 8.85. The van der Waals surface area contributed by atoms with Gasteiger partial charge in [-0.05, 0) is 43.4 Å². The van der Waals surface area contributed by atoms with E-state index >= 15 is 0 Å². The van der Waals surface area contributed by atoms with Crippen LogP contribution >= 0.6 is 0 Å². The highest BCUT2D eigenvalue weighted by Gasteiger charge is 2.45. The van der Waals surface area contributed by atoms with Gasteiger partial charge in [-0.3, -0.25) is 14.5 Å². The molecule has 5 nitrogen and oxygen atoms in total. The number of hydrogen-bond donors (Lipinski definition) is 1. The fraction of sp³-hybridized carbons (Fsp3) is 0.652. The Balaban J connectivity index is 1.22. The second-order valence-electron chi connectivity index (χ2n) is 8.85. The monoisotopic (exact) mass is 401 g/mol. The van der Waals surface area contributed by atoms with E-state index in [1.165, 1.54) is 25.0 Å². The van der Waals surface area contributed by atoms with Gasteiger partial charge in [-0.25, -0.2) is 4.39 Å². The summed E-state index contributed by atoms with van der Waals surface area (Å²) in [4.78, 5) is 29.8. The Morgan fingerprint density at radius 2 is 1.79 bits per heavy atom. The average molecular weight is 402 g/mol. The summed E-state index contributed by atoms with van der Waals surface area (Å²) in [5.41, 5.74) is 0.231. The Bertz CT molecular complexity index is 735. The largest absolute Gasteiger partial charge is 0.354 e. The van der Waals surface area contributed by atoms with Crippen LogP contribution in [0.3, 0.4) is 0 Å². The number of hydrogen-bond acceptors (Lipinski definition) is 3. The fourth-order valence-corrected chi connectivity index (χ4v) is 5.08. The van der Waals surface area contributed by atoms with E-state index in [4.69, 9.17) is 0 Å². The third kappa shape index (κ3) is 4.32. The second kappa shape index (κ2) is 8.82. The van der Waals surface area contributed by atoms with Gasteiger partial charge in [0.05, 0.1) is 5.41 Å². The number of nitrogens with zero attached hydrogens (tertiary/aromatic N) is 2. The number of rotatable bonds is 6. The van der Waals surface area contributed by atoms with E-state index in [9.17, 15) is 14.0 Å². The van der Waals surface area contributed by atoms with E-state index in [2.05, 4.69) is 10.2 Å². The molecule has 1 aliphatic heterocycles. The summed E-state index contributed by atoms with van der Waals surface area (Å²) in [6, 6.07) is 6.47. The van der Waals surface area contributed by atoms with Crippen molar-refractivity contribution in [1.29, 1.82) is 0 Å². The minimum absolute atomic E-state index is 0.0180. The van der Waals surface area contributed by atoms with Crippen molar-refractivity contribution in [1.82, 2.24) is 15.1 Å². The number of benzene rings is 1. The highest BCUT2D eigenvalue weighted by Crippen LogP contribution is 2.44. The molecule has 1 aromatic rings. The summed E-state index contributed by atoms with van der Waals surface area (Å²) in [7, 11) is 0.